The van der Waals surface area contributed by atoms with E-state index in [1.807, 2.05) is 0 Å². The molecule has 2 fully saturated rings. The minimum Gasteiger partial charge on any atom is -0.373 e. The highest BCUT2D eigenvalue weighted by Gasteiger charge is 2.27. The Morgan fingerprint density at radius 1 is 0.650 bits per heavy atom. The van der Waals surface area contributed by atoms with Gasteiger partial charge in [0.05, 0.1) is 12.2 Å². The minimum absolute atomic E-state index is 0.417. The van der Waals surface area contributed by atoms with Crippen molar-refractivity contribution < 1.29 is 4.74 Å². The van der Waals surface area contributed by atoms with Gasteiger partial charge in [-0.1, -0.05) is 57.8 Å². The second kappa shape index (κ2) is 9.04. The quantitative estimate of drug-likeness (QED) is 0.686. The summed E-state index contributed by atoms with van der Waals surface area (Å²) in [5.41, 5.74) is 0. The van der Waals surface area contributed by atoms with Gasteiger partial charge >= 0.3 is 0 Å². The highest BCUT2D eigenvalue weighted by molar-refractivity contribution is 4.80. The van der Waals surface area contributed by atoms with E-state index in [4.69, 9.17) is 4.74 Å². The molecule has 0 aromatic carbocycles. The number of morpholine rings is 1. The molecule has 2 aliphatic rings. The van der Waals surface area contributed by atoms with Gasteiger partial charge in [-0.15, -0.1) is 0 Å². The zero-order valence-corrected chi connectivity index (χ0v) is 13.8. The number of rotatable bonds is 1. The lowest BCUT2D eigenvalue weighted by molar-refractivity contribution is -0.0825. The van der Waals surface area contributed by atoms with Crippen molar-refractivity contribution in [3.8, 4) is 0 Å². The molecule has 0 radical (unpaired) electrons. The second-order valence-corrected chi connectivity index (χ2v) is 7.12. The zero-order chi connectivity index (χ0) is 14.2. The fourth-order valence-corrected chi connectivity index (χ4v) is 4.02. The second-order valence-electron chi connectivity index (χ2n) is 7.12. The van der Waals surface area contributed by atoms with Gasteiger partial charge in [-0.25, -0.2) is 0 Å². The van der Waals surface area contributed by atoms with Crippen LogP contribution in [0.3, 0.4) is 0 Å². The van der Waals surface area contributed by atoms with Crippen LogP contribution in [0.1, 0.15) is 84.5 Å². The van der Waals surface area contributed by atoms with Crippen LogP contribution in [-0.4, -0.2) is 36.2 Å². The van der Waals surface area contributed by atoms with Crippen LogP contribution < -0.4 is 0 Å². The van der Waals surface area contributed by atoms with E-state index in [-0.39, 0.29) is 0 Å². The molecule has 20 heavy (non-hydrogen) atoms. The van der Waals surface area contributed by atoms with Crippen molar-refractivity contribution >= 4 is 0 Å². The van der Waals surface area contributed by atoms with Crippen LogP contribution in [0.4, 0.5) is 0 Å². The molecule has 0 N–H and O–H groups in total. The summed E-state index contributed by atoms with van der Waals surface area (Å²) in [5, 5.41) is 0. The molecule has 118 valence electrons. The molecular formula is C18H35NO. The maximum atomic E-state index is 5.90. The maximum absolute atomic E-state index is 5.90. The third kappa shape index (κ3) is 5.73. The van der Waals surface area contributed by atoms with Crippen molar-refractivity contribution in [1.82, 2.24) is 4.90 Å². The van der Waals surface area contributed by atoms with Gasteiger partial charge in [-0.05, 0) is 26.7 Å². The molecule has 2 heteroatoms. The molecule has 1 aliphatic heterocycles. The molecule has 0 aromatic rings. The zero-order valence-electron chi connectivity index (χ0n) is 13.8. The highest BCUT2D eigenvalue weighted by atomic mass is 16.5. The molecule has 0 unspecified atom stereocenters. The summed E-state index contributed by atoms with van der Waals surface area (Å²) in [7, 11) is 0. The third-order valence-electron chi connectivity index (χ3n) is 5.04. The van der Waals surface area contributed by atoms with Crippen molar-refractivity contribution in [3.63, 3.8) is 0 Å². The Bertz CT molecular complexity index is 234. The molecule has 0 bridgehead atoms. The largest absolute Gasteiger partial charge is 0.373 e. The first-order chi connectivity index (χ1) is 9.75. The monoisotopic (exact) mass is 281 g/mol. The molecule has 1 aliphatic carbocycles. The Labute approximate surface area is 126 Å². The van der Waals surface area contributed by atoms with Crippen molar-refractivity contribution in [3.05, 3.63) is 0 Å². The highest BCUT2D eigenvalue weighted by Crippen LogP contribution is 2.23. The Hall–Kier alpha value is -0.0800. The summed E-state index contributed by atoms with van der Waals surface area (Å²) in [6.45, 7) is 6.76. The third-order valence-corrected chi connectivity index (χ3v) is 5.04. The average molecular weight is 281 g/mol. The molecular weight excluding hydrogens is 246 g/mol. The van der Waals surface area contributed by atoms with Crippen LogP contribution in [0.5, 0.6) is 0 Å². The normalized spacial score (nSPS) is 33.3. The van der Waals surface area contributed by atoms with E-state index >= 15 is 0 Å². The molecule has 0 spiro atoms. The topological polar surface area (TPSA) is 12.5 Å². The summed E-state index contributed by atoms with van der Waals surface area (Å²) < 4.78 is 5.90. The predicted molar refractivity (Wildman–Crippen MR) is 86.2 cm³/mol. The molecule has 2 rings (SSSR count). The molecule has 1 saturated heterocycles. The van der Waals surface area contributed by atoms with Crippen LogP contribution >= 0.6 is 0 Å². The Balaban J connectivity index is 1.84. The molecule has 1 heterocycles. The maximum Gasteiger partial charge on any atom is 0.0678 e. The summed E-state index contributed by atoms with van der Waals surface area (Å²) in [6.07, 6.45) is 16.8. The van der Waals surface area contributed by atoms with E-state index in [9.17, 15) is 0 Å². The van der Waals surface area contributed by atoms with Crippen LogP contribution in [-0.2, 0) is 4.74 Å². The van der Waals surface area contributed by atoms with Crippen LogP contribution in [0.2, 0.25) is 0 Å². The van der Waals surface area contributed by atoms with Gasteiger partial charge in [-0.2, -0.15) is 0 Å². The average Bonchev–Trinajstić information content (AvgIpc) is 2.38. The summed E-state index contributed by atoms with van der Waals surface area (Å²) >= 11 is 0. The molecule has 2 atom stereocenters. The first kappa shape index (κ1) is 16.3. The van der Waals surface area contributed by atoms with E-state index in [0.29, 0.717) is 12.2 Å². The Kier molecular flexibility index (Phi) is 7.37. The van der Waals surface area contributed by atoms with Gasteiger partial charge in [-0.3, -0.25) is 4.90 Å². The van der Waals surface area contributed by atoms with E-state index in [1.54, 1.807) is 0 Å². The SMILES string of the molecule is C[C@@H]1CN(C2CCCCCCCCCCC2)C[C@@H](C)O1. The van der Waals surface area contributed by atoms with Crippen molar-refractivity contribution in [2.45, 2.75) is 103 Å². The number of nitrogens with zero attached hydrogens (tertiary/aromatic N) is 1. The summed E-state index contributed by atoms with van der Waals surface area (Å²) in [5.74, 6) is 0. The van der Waals surface area contributed by atoms with Crippen LogP contribution in [0.25, 0.3) is 0 Å². The number of hydrogen-bond donors (Lipinski definition) is 0. The fraction of sp³-hybridized carbons (Fsp3) is 1.00. The van der Waals surface area contributed by atoms with Gasteiger partial charge in [0.1, 0.15) is 0 Å². The van der Waals surface area contributed by atoms with Crippen molar-refractivity contribution in [2.24, 2.45) is 0 Å². The van der Waals surface area contributed by atoms with Gasteiger partial charge in [0.25, 0.3) is 0 Å². The lowest BCUT2D eigenvalue weighted by Gasteiger charge is -2.40. The van der Waals surface area contributed by atoms with Crippen LogP contribution in [0, 0.1) is 0 Å². The van der Waals surface area contributed by atoms with Gasteiger partial charge in [0.2, 0.25) is 0 Å². The first-order valence-electron chi connectivity index (χ1n) is 9.15. The number of ether oxygens (including phenoxy) is 1. The molecule has 2 nitrogen and oxygen atoms in total. The molecule has 0 amide bonds. The fourth-order valence-electron chi connectivity index (χ4n) is 4.02. The first-order valence-corrected chi connectivity index (χ1v) is 9.15. The van der Waals surface area contributed by atoms with E-state index < -0.39 is 0 Å². The lowest BCUT2D eigenvalue weighted by Crippen LogP contribution is -2.50. The summed E-state index contributed by atoms with van der Waals surface area (Å²) in [4.78, 5) is 2.74. The van der Waals surface area contributed by atoms with Crippen molar-refractivity contribution in [2.75, 3.05) is 13.1 Å². The van der Waals surface area contributed by atoms with Crippen LogP contribution in [0.15, 0.2) is 0 Å². The lowest BCUT2D eigenvalue weighted by atomic mass is 9.96. The molecule has 0 aromatic heterocycles. The number of hydrogen-bond acceptors (Lipinski definition) is 2. The van der Waals surface area contributed by atoms with Gasteiger partial charge < -0.3 is 4.74 Å². The standard InChI is InChI=1S/C18H35NO/c1-16-14-19(15-17(2)20-16)18-12-10-8-6-4-3-5-7-9-11-13-18/h16-18H,3-15H2,1-2H3/t16-,17-/m1/s1. The van der Waals surface area contributed by atoms with E-state index in [0.717, 1.165) is 19.1 Å². The summed E-state index contributed by atoms with van der Waals surface area (Å²) in [6, 6.07) is 0.822. The predicted octanol–water partition coefficient (Wildman–Crippen LogP) is 4.77. The van der Waals surface area contributed by atoms with Gasteiger partial charge in [0, 0.05) is 19.1 Å². The van der Waals surface area contributed by atoms with E-state index in [2.05, 4.69) is 18.7 Å². The molecule has 1 saturated carbocycles. The Morgan fingerprint density at radius 2 is 1.05 bits per heavy atom. The minimum atomic E-state index is 0.417. The van der Waals surface area contributed by atoms with Gasteiger partial charge in [0.15, 0.2) is 0 Å². The smallest absolute Gasteiger partial charge is 0.0678 e. The van der Waals surface area contributed by atoms with Crippen molar-refractivity contribution in [1.29, 1.82) is 0 Å². The Morgan fingerprint density at radius 3 is 1.50 bits per heavy atom. The van der Waals surface area contributed by atoms with E-state index in [1.165, 1.54) is 70.6 Å².